The summed E-state index contributed by atoms with van der Waals surface area (Å²) >= 11 is 0. The molecule has 0 heterocycles. The molecule has 1 unspecified atom stereocenters. The van der Waals surface area contributed by atoms with Gasteiger partial charge in [0.05, 0.1) is 0 Å². The SMILES string of the molecule is [CH2]CC(C)CCC=C(C)C. The second-order valence-corrected chi connectivity index (χ2v) is 3.25. The second-order valence-electron chi connectivity index (χ2n) is 3.25. The van der Waals surface area contributed by atoms with Gasteiger partial charge in [0.1, 0.15) is 0 Å². The lowest BCUT2D eigenvalue weighted by Gasteiger charge is -2.04. The van der Waals surface area contributed by atoms with E-state index in [4.69, 9.17) is 0 Å². The molecule has 1 atom stereocenters. The molecule has 0 aromatic heterocycles. The third kappa shape index (κ3) is 5.87. The van der Waals surface area contributed by atoms with Crippen LogP contribution in [0.1, 0.15) is 40.0 Å². The number of hydrogen-bond donors (Lipinski definition) is 0. The predicted octanol–water partition coefficient (Wildman–Crippen LogP) is 3.59. The Bertz CT molecular complexity index is 96.6. The molecule has 0 aliphatic rings. The molecule has 0 saturated carbocycles. The van der Waals surface area contributed by atoms with Crippen molar-refractivity contribution in [2.75, 3.05) is 0 Å². The van der Waals surface area contributed by atoms with Crippen LogP contribution in [0.5, 0.6) is 0 Å². The summed E-state index contributed by atoms with van der Waals surface area (Å²) in [6.07, 6.45) is 5.87. The molecule has 1 radical (unpaired) electrons. The van der Waals surface area contributed by atoms with Crippen molar-refractivity contribution in [3.05, 3.63) is 18.6 Å². The van der Waals surface area contributed by atoms with Crippen LogP contribution in [-0.4, -0.2) is 0 Å². The molecule has 0 N–H and O–H groups in total. The van der Waals surface area contributed by atoms with Crippen LogP contribution in [0.3, 0.4) is 0 Å². The summed E-state index contributed by atoms with van der Waals surface area (Å²) in [5.41, 5.74) is 1.43. The van der Waals surface area contributed by atoms with E-state index in [0.29, 0.717) is 0 Å². The normalized spacial score (nSPS) is 12.8. The minimum atomic E-state index is 0.788. The molecule has 0 bridgehead atoms. The second kappa shape index (κ2) is 5.52. The molecule has 59 valence electrons. The largest absolute Gasteiger partial charge is 0.0859 e. The van der Waals surface area contributed by atoms with E-state index < -0.39 is 0 Å². The van der Waals surface area contributed by atoms with Crippen molar-refractivity contribution in [1.29, 1.82) is 0 Å². The lowest BCUT2D eigenvalue weighted by molar-refractivity contribution is 0.544. The first kappa shape index (κ1) is 9.74. The Kier molecular flexibility index (Phi) is 5.38. The maximum Gasteiger partial charge on any atom is -0.0346 e. The van der Waals surface area contributed by atoms with Gasteiger partial charge in [0, 0.05) is 0 Å². The van der Waals surface area contributed by atoms with Crippen molar-refractivity contribution in [1.82, 2.24) is 0 Å². The van der Waals surface area contributed by atoms with Crippen LogP contribution >= 0.6 is 0 Å². The summed E-state index contributed by atoms with van der Waals surface area (Å²) in [7, 11) is 0. The average molecular weight is 139 g/mol. The van der Waals surface area contributed by atoms with Gasteiger partial charge >= 0.3 is 0 Å². The first-order valence-electron chi connectivity index (χ1n) is 4.09. The van der Waals surface area contributed by atoms with Gasteiger partial charge in [0.15, 0.2) is 0 Å². The highest BCUT2D eigenvalue weighted by Gasteiger charge is 1.94. The molecule has 10 heavy (non-hydrogen) atoms. The zero-order chi connectivity index (χ0) is 7.98. The van der Waals surface area contributed by atoms with Crippen molar-refractivity contribution >= 4 is 0 Å². The van der Waals surface area contributed by atoms with Crippen molar-refractivity contribution < 1.29 is 0 Å². The molecule has 0 aliphatic carbocycles. The number of hydrogen-bond acceptors (Lipinski definition) is 0. The van der Waals surface area contributed by atoms with Gasteiger partial charge in [-0.3, -0.25) is 0 Å². The molecule has 0 heteroatoms. The summed E-state index contributed by atoms with van der Waals surface area (Å²) in [5.74, 6) is 0.788. The smallest absolute Gasteiger partial charge is 0.0346 e. The van der Waals surface area contributed by atoms with Gasteiger partial charge in [0.2, 0.25) is 0 Å². The fraction of sp³-hybridized carbons (Fsp3) is 0.700. The van der Waals surface area contributed by atoms with E-state index in [1.54, 1.807) is 0 Å². The zero-order valence-corrected chi connectivity index (χ0v) is 7.48. The molecule has 0 aliphatic heterocycles. The third-order valence-corrected chi connectivity index (χ3v) is 1.70. The molecule has 0 aromatic carbocycles. The van der Waals surface area contributed by atoms with Crippen molar-refractivity contribution in [2.45, 2.75) is 40.0 Å². The molecule has 0 spiro atoms. The Morgan fingerprint density at radius 3 is 2.50 bits per heavy atom. The van der Waals surface area contributed by atoms with E-state index in [2.05, 4.69) is 33.8 Å². The average Bonchev–Trinajstić information content (AvgIpc) is 1.87. The van der Waals surface area contributed by atoms with E-state index in [-0.39, 0.29) is 0 Å². The monoisotopic (exact) mass is 139 g/mol. The van der Waals surface area contributed by atoms with Gasteiger partial charge in [-0.15, -0.1) is 0 Å². The van der Waals surface area contributed by atoms with E-state index in [1.807, 2.05) is 0 Å². The van der Waals surface area contributed by atoms with Gasteiger partial charge in [-0.05, 0) is 32.6 Å². The lowest BCUT2D eigenvalue weighted by atomic mass is 10.0. The topological polar surface area (TPSA) is 0 Å². The highest BCUT2D eigenvalue weighted by molar-refractivity contribution is 4.92. The highest BCUT2D eigenvalue weighted by Crippen LogP contribution is 2.10. The van der Waals surface area contributed by atoms with Crippen LogP contribution in [0.4, 0.5) is 0 Å². The standard InChI is InChI=1S/C10H19/c1-5-10(4)8-6-7-9(2)3/h7,10H,1,5-6,8H2,2-4H3. The van der Waals surface area contributed by atoms with Crippen molar-refractivity contribution in [3.8, 4) is 0 Å². The summed E-state index contributed by atoms with van der Waals surface area (Å²) in [4.78, 5) is 0. The number of allylic oxidation sites excluding steroid dienone is 2. The van der Waals surface area contributed by atoms with Crippen LogP contribution in [0.25, 0.3) is 0 Å². The summed E-state index contributed by atoms with van der Waals surface area (Å²) in [6, 6.07) is 0. The maximum absolute atomic E-state index is 3.86. The van der Waals surface area contributed by atoms with Gasteiger partial charge in [-0.2, -0.15) is 0 Å². The molecular weight excluding hydrogens is 120 g/mol. The Labute approximate surface area is 65.3 Å². The molecule has 0 fully saturated rings. The molecule has 0 rings (SSSR count). The minimum absolute atomic E-state index is 0.788. The predicted molar refractivity (Wildman–Crippen MR) is 47.8 cm³/mol. The van der Waals surface area contributed by atoms with Crippen LogP contribution < -0.4 is 0 Å². The van der Waals surface area contributed by atoms with Gasteiger partial charge in [0.25, 0.3) is 0 Å². The number of rotatable bonds is 4. The zero-order valence-electron chi connectivity index (χ0n) is 7.48. The van der Waals surface area contributed by atoms with Crippen molar-refractivity contribution in [3.63, 3.8) is 0 Å². The fourth-order valence-electron chi connectivity index (χ4n) is 0.801. The molecular formula is C10H19. The molecule has 0 saturated heterocycles. The van der Waals surface area contributed by atoms with E-state index in [9.17, 15) is 0 Å². The summed E-state index contributed by atoms with van der Waals surface area (Å²) in [6.45, 7) is 10.4. The fourth-order valence-corrected chi connectivity index (χ4v) is 0.801. The Hall–Kier alpha value is -0.260. The minimum Gasteiger partial charge on any atom is -0.0859 e. The quantitative estimate of drug-likeness (QED) is 0.522. The van der Waals surface area contributed by atoms with Crippen LogP contribution in [0.2, 0.25) is 0 Å². The highest BCUT2D eigenvalue weighted by atomic mass is 14.0. The summed E-state index contributed by atoms with van der Waals surface area (Å²) in [5, 5.41) is 0. The Morgan fingerprint density at radius 2 is 2.10 bits per heavy atom. The summed E-state index contributed by atoms with van der Waals surface area (Å²) < 4.78 is 0. The van der Waals surface area contributed by atoms with Crippen LogP contribution in [-0.2, 0) is 0 Å². The first-order chi connectivity index (χ1) is 4.66. The molecule has 0 amide bonds. The van der Waals surface area contributed by atoms with Gasteiger partial charge in [-0.25, -0.2) is 0 Å². The van der Waals surface area contributed by atoms with E-state index in [0.717, 1.165) is 12.3 Å². The Morgan fingerprint density at radius 1 is 1.50 bits per heavy atom. The third-order valence-electron chi connectivity index (χ3n) is 1.70. The van der Waals surface area contributed by atoms with Gasteiger partial charge < -0.3 is 0 Å². The molecule has 0 nitrogen and oxygen atoms in total. The van der Waals surface area contributed by atoms with Crippen molar-refractivity contribution in [2.24, 2.45) is 5.92 Å². The molecule has 0 aromatic rings. The first-order valence-corrected chi connectivity index (χ1v) is 4.09. The maximum atomic E-state index is 3.86. The van der Waals surface area contributed by atoms with E-state index in [1.165, 1.54) is 18.4 Å². The lowest BCUT2D eigenvalue weighted by Crippen LogP contribution is -1.89. The van der Waals surface area contributed by atoms with Crippen LogP contribution in [0.15, 0.2) is 11.6 Å². The van der Waals surface area contributed by atoms with Gasteiger partial charge in [-0.1, -0.05) is 31.9 Å². The van der Waals surface area contributed by atoms with E-state index >= 15 is 0 Å². The van der Waals surface area contributed by atoms with Crippen LogP contribution in [0, 0.1) is 12.8 Å². The Balaban J connectivity index is 3.28.